The first-order chi connectivity index (χ1) is 11.4. The first kappa shape index (κ1) is 21.2. The van der Waals surface area contributed by atoms with Crippen molar-refractivity contribution in [1.82, 2.24) is 4.90 Å². The quantitative estimate of drug-likeness (QED) is 0.551. The molecular formula is C18H35NO5. The molecule has 6 nitrogen and oxygen atoms in total. The van der Waals surface area contributed by atoms with Gasteiger partial charge in [-0.25, -0.2) is 4.79 Å². The predicted molar refractivity (Wildman–Crippen MR) is 93.2 cm³/mol. The topological polar surface area (TPSA) is 68.2 Å². The zero-order valence-electron chi connectivity index (χ0n) is 15.6. The van der Waals surface area contributed by atoms with Crippen molar-refractivity contribution in [3.63, 3.8) is 0 Å². The molecule has 1 heterocycles. The van der Waals surface area contributed by atoms with Crippen molar-refractivity contribution in [3.05, 3.63) is 0 Å². The molecule has 0 saturated carbocycles. The van der Waals surface area contributed by atoms with E-state index in [1.807, 2.05) is 20.8 Å². The molecule has 0 bridgehead atoms. The summed E-state index contributed by atoms with van der Waals surface area (Å²) >= 11 is 0. The fourth-order valence-corrected chi connectivity index (χ4v) is 2.35. The Bertz CT molecular complexity index is 337. The summed E-state index contributed by atoms with van der Waals surface area (Å²) in [5, 5.41) is 8.66. The van der Waals surface area contributed by atoms with Crippen LogP contribution < -0.4 is 0 Å². The van der Waals surface area contributed by atoms with Crippen LogP contribution in [0.2, 0.25) is 0 Å². The van der Waals surface area contributed by atoms with Crippen molar-refractivity contribution in [2.45, 2.75) is 71.0 Å². The van der Waals surface area contributed by atoms with Gasteiger partial charge in [0.05, 0.1) is 19.2 Å². The number of hydrogen-bond donors (Lipinski definition) is 1. The Morgan fingerprint density at radius 3 is 2.17 bits per heavy atom. The van der Waals surface area contributed by atoms with Crippen molar-refractivity contribution in [3.8, 4) is 0 Å². The molecule has 1 N–H and O–H groups in total. The van der Waals surface area contributed by atoms with Crippen molar-refractivity contribution >= 4 is 6.09 Å². The van der Waals surface area contributed by atoms with Gasteiger partial charge < -0.3 is 24.2 Å². The Labute approximate surface area is 146 Å². The van der Waals surface area contributed by atoms with Crippen LogP contribution in [0.25, 0.3) is 0 Å². The van der Waals surface area contributed by atoms with Crippen molar-refractivity contribution in [2.75, 3.05) is 39.5 Å². The van der Waals surface area contributed by atoms with E-state index in [2.05, 4.69) is 0 Å². The fourth-order valence-electron chi connectivity index (χ4n) is 2.35. The Morgan fingerprint density at radius 2 is 1.58 bits per heavy atom. The van der Waals surface area contributed by atoms with Crippen LogP contribution in [0.1, 0.15) is 59.3 Å². The Balaban J connectivity index is 1.84. The van der Waals surface area contributed by atoms with Crippen LogP contribution in [0, 0.1) is 0 Å². The molecule has 1 aliphatic rings. The lowest BCUT2D eigenvalue weighted by Gasteiger charge is -2.39. The van der Waals surface area contributed by atoms with Crippen LogP contribution in [0.15, 0.2) is 0 Å². The number of unbranched alkanes of at least 4 members (excludes halogenated alkanes) is 4. The number of likely N-dealkylation sites (tertiary alicyclic amines) is 1. The molecule has 0 aliphatic carbocycles. The molecule has 0 radical (unpaired) electrons. The third kappa shape index (κ3) is 10.1. The van der Waals surface area contributed by atoms with Gasteiger partial charge in [0, 0.05) is 26.4 Å². The SMILES string of the molecule is CC(C)(C)OC(=O)N1CC(OCCCCCOCCCCCO)C1. The van der Waals surface area contributed by atoms with Crippen LogP contribution in [0.3, 0.4) is 0 Å². The van der Waals surface area contributed by atoms with Gasteiger partial charge in [-0.15, -0.1) is 0 Å². The summed E-state index contributed by atoms with van der Waals surface area (Å²) < 4.78 is 16.6. The number of carbonyl (C=O) groups is 1. The zero-order valence-corrected chi connectivity index (χ0v) is 15.6. The van der Waals surface area contributed by atoms with E-state index in [4.69, 9.17) is 19.3 Å². The minimum Gasteiger partial charge on any atom is -0.444 e. The normalized spacial score (nSPS) is 15.4. The van der Waals surface area contributed by atoms with Crippen molar-refractivity contribution in [2.24, 2.45) is 0 Å². The molecular weight excluding hydrogens is 310 g/mol. The molecule has 1 aliphatic heterocycles. The number of rotatable bonds is 12. The lowest BCUT2D eigenvalue weighted by molar-refractivity contribution is -0.0638. The molecule has 0 aromatic carbocycles. The van der Waals surface area contributed by atoms with E-state index in [1.54, 1.807) is 4.90 Å². The van der Waals surface area contributed by atoms with E-state index in [0.29, 0.717) is 13.1 Å². The van der Waals surface area contributed by atoms with Gasteiger partial charge in [0.1, 0.15) is 5.60 Å². The third-order valence-electron chi connectivity index (χ3n) is 3.73. The molecule has 1 rings (SSSR count). The minimum atomic E-state index is -0.441. The molecule has 1 saturated heterocycles. The van der Waals surface area contributed by atoms with Crippen LogP contribution in [-0.4, -0.2) is 67.3 Å². The highest BCUT2D eigenvalue weighted by atomic mass is 16.6. The highest BCUT2D eigenvalue weighted by Gasteiger charge is 2.34. The Hall–Kier alpha value is -0.850. The summed E-state index contributed by atoms with van der Waals surface area (Å²) in [7, 11) is 0. The van der Waals surface area contributed by atoms with Gasteiger partial charge in [-0.2, -0.15) is 0 Å². The molecule has 0 atom stereocenters. The van der Waals surface area contributed by atoms with E-state index in [0.717, 1.165) is 58.3 Å². The van der Waals surface area contributed by atoms with E-state index >= 15 is 0 Å². The van der Waals surface area contributed by atoms with Crippen molar-refractivity contribution in [1.29, 1.82) is 0 Å². The fraction of sp³-hybridized carbons (Fsp3) is 0.944. The van der Waals surface area contributed by atoms with Gasteiger partial charge in [0.2, 0.25) is 0 Å². The smallest absolute Gasteiger partial charge is 0.410 e. The van der Waals surface area contributed by atoms with Crippen LogP contribution in [-0.2, 0) is 14.2 Å². The third-order valence-corrected chi connectivity index (χ3v) is 3.73. The molecule has 1 amide bonds. The second-order valence-corrected chi connectivity index (χ2v) is 7.34. The van der Waals surface area contributed by atoms with Gasteiger partial charge >= 0.3 is 6.09 Å². The maximum atomic E-state index is 11.8. The maximum absolute atomic E-state index is 11.8. The van der Waals surface area contributed by atoms with Gasteiger partial charge in [-0.1, -0.05) is 0 Å². The summed E-state index contributed by atoms with van der Waals surface area (Å²) in [5.74, 6) is 0. The summed E-state index contributed by atoms with van der Waals surface area (Å²) in [4.78, 5) is 13.4. The molecule has 0 aromatic heterocycles. The lowest BCUT2D eigenvalue weighted by atomic mass is 10.1. The summed E-state index contributed by atoms with van der Waals surface area (Å²) in [6.07, 6.45) is 6.01. The summed E-state index contributed by atoms with van der Waals surface area (Å²) in [5.41, 5.74) is -0.441. The van der Waals surface area contributed by atoms with Gasteiger partial charge in [-0.05, 0) is 59.3 Å². The van der Waals surface area contributed by atoms with E-state index < -0.39 is 5.60 Å². The van der Waals surface area contributed by atoms with Gasteiger partial charge in [0.15, 0.2) is 0 Å². The van der Waals surface area contributed by atoms with Crippen LogP contribution in [0.4, 0.5) is 4.79 Å². The molecule has 0 unspecified atom stereocenters. The molecule has 0 spiro atoms. The second-order valence-electron chi connectivity index (χ2n) is 7.34. The molecule has 1 fully saturated rings. The average molecular weight is 345 g/mol. The summed E-state index contributed by atoms with van der Waals surface area (Å²) in [6.45, 7) is 9.48. The van der Waals surface area contributed by atoms with E-state index in [-0.39, 0.29) is 18.8 Å². The number of hydrogen-bond acceptors (Lipinski definition) is 5. The highest BCUT2D eigenvalue weighted by molar-refractivity contribution is 5.69. The first-order valence-corrected chi connectivity index (χ1v) is 9.20. The standard InChI is InChI=1S/C18H35NO5/c1-18(2,3)24-17(21)19-14-16(15-19)23-13-9-5-8-12-22-11-7-4-6-10-20/h16,20H,4-15H2,1-3H3. The average Bonchev–Trinajstić information content (AvgIpc) is 2.44. The predicted octanol–water partition coefficient (Wildman–Crippen LogP) is 2.97. The monoisotopic (exact) mass is 345 g/mol. The number of carbonyl (C=O) groups excluding carboxylic acids is 1. The number of amides is 1. The van der Waals surface area contributed by atoms with Gasteiger partial charge in [-0.3, -0.25) is 0 Å². The molecule has 24 heavy (non-hydrogen) atoms. The zero-order chi connectivity index (χ0) is 17.8. The number of nitrogens with zero attached hydrogens (tertiary/aromatic N) is 1. The van der Waals surface area contributed by atoms with E-state index in [1.165, 1.54) is 0 Å². The second kappa shape index (κ2) is 11.7. The van der Waals surface area contributed by atoms with Crippen LogP contribution >= 0.6 is 0 Å². The molecule has 0 aromatic rings. The van der Waals surface area contributed by atoms with Gasteiger partial charge in [0.25, 0.3) is 0 Å². The number of ether oxygens (including phenoxy) is 3. The lowest BCUT2D eigenvalue weighted by Crippen LogP contribution is -2.55. The Morgan fingerprint density at radius 1 is 1.00 bits per heavy atom. The number of aliphatic hydroxyl groups is 1. The minimum absolute atomic E-state index is 0.153. The molecule has 142 valence electrons. The Kier molecular flexibility index (Phi) is 10.3. The summed E-state index contributed by atoms with van der Waals surface area (Å²) in [6, 6.07) is 0. The molecule has 6 heteroatoms. The van der Waals surface area contributed by atoms with Crippen molar-refractivity contribution < 1.29 is 24.1 Å². The highest BCUT2D eigenvalue weighted by Crippen LogP contribution is 2.17. The largest absolute Gasteiger partial charge is 0.444 e. The van der Waals surface area contributed by atoms with E-state index in [9.17, 15) is 4.79 Å². The number of aliphatic hydroxyl groups excluding tert-OH is 1. The maximum Gasteiger partial charge on any atom is 0.410 e. The first-order valence-electron chi connectivity index (χ1n) is 9.20. The van der Waals surface area contributed by atoms with Crippen LogP contribution in [0.5, 0.6) is 0 Å².